The molecule has 0 saturated heterocycles. The van der Waals surface area contributed by atoms with Gasteiger partial charge < -0.3 is 10.1 Å². The van der Waals surface area contributed by atoms with Gasteiger partial charge in [0.15, 0.2) is 0 Å². The average Bonchev–Trinajstić information content (AvgIpc) is 3.38. The van der Waals surface area contributed by atoms with E-state index >= 15 is 0 Å². The van der Waals surface area contributed by atoms with Gasteiger partial charge in [-0.15, -0.1) is 0 Å². The molecule has 1 aliphatic carbocycles. The molecule has 0 heterocycles. The number of anilines is 2. The third-order valence-electron chi connectivity index (χ3n) is 4.06. The Morgan fingerprint density at radius 2 is 1.92 bits per heavy atom. The van der Waals surface area contributed by atoms with Crippen LogP contribution in [0.4, 0.5) is 25.0 Å². The number of nitrogens with one attached hydrogen (secondary N) is 2. The van der Waals surface area contributed by atoms with Gasteiger partial charge in [0.25, 0.3) is 0 Å². The van der Waals surface area contributed by atoms with Crippen LogP contribution in [0.25, 0.3) is 0 Å². The molecule has 7 heteroatoms. The molecule has 2 amide bonds. The van der Waals surface area contributed by atoms with E-state index in [0.29, 0.717) is 12.1 Å². The first-order valence-electron chi connectivity index (χ1n) is 7.69. The third-order valence-corrected chi connectivity index (χ3v) is 4.06. The largest absolute Gasteiger partial charge is 0.453 e. The highest BCUT2D eigenvalue weighted by atomic mass is 19.1. The van der Waals surface area contributed by atoms with Crippen LogP contribution in [0, 0.1) is 17.6 Å². The number of carbonyl (C=O) groups is 2. The molecule has 0 radical (unpaired) electrons. The molecule has 0 aromatic heterocycles. The van der Waals surface area contributed by atoms with E-state index in [0.717, 1.165) is 11.6 Å². The van der Waals surface area contributed by atoms with Gasteiger partial charge in [0.2, 0.25) is 5.91 Å². The first kappa shape index (κ1) is 16.9. The molecule has 0 spiro atoms. The SMILES string of the molecule is COC(=O)Nc1cc(NC(=O)[C@@H]2C[C@H]2c2cccc(F)c2)ccc1F. The maximum atomic E-state index is 13.7. The highest BCUT2D eigenvalue weighted by Crippen LogP contribution is 2.48. The van der Waals surface area contributed by atoms with Crippen molar-refractivity contribution in [2.75, 3.05) is 17.7 Å². The van der Waals surface area contributed by atoms with Crippen molar-refractivity contribution in [3.05, 3.63) is 59.7 Å². The summed E-state index contributed by atoms with van der Waals surface area (Å²) in [7, 11) is 1.17. The summed E-state index contributed by atoms with van der Waals surface area (Å²) in [6.45, 7) is 0. The molecule has 1 aliphatic rings. The Morgan fingerprint density at radius 1 is 1.12 bits per heavy atom. The number of methoxy groups -OCH3 is 1. The highest BCUT2D eigenvalue weighted by Gasteiger charge is 2.44. The molecular formula is C18H16F2N2O3. The lowest BCUT2D eigenvalue weighted by Crippen LogP contribution is -2.16. The Kier molecular flexibility index (Phi) is 4.65. The molecule has 1 saturated carbocycles. The standard InChI is InChI=1S/C18H16F2N2O3/c1-25-18(24)22-16-8-12(5-6-15(16)20)21-17(23)14-9-13(14)10-3-2-4-11(19)7-10/h2-8,13-14H,9H2,1H3,(H,21,23)(H,22,24)/t13-,14+/m0/s1. The smallest absolute Gasteiger partial charge is 0.411 e. The molecule has 5 nitrogen and oxygen atoms in total. The summed E-state index contributed by atoms with van der Waals surface area (Å²) in [5, 5.41) is 4.92. The number of halogens is 2. The first-order valence-corrected chi connectivity index (χ1v) is 7.69. The molecule has 2 N–H and O–H groups in total. The Balaban J connectivity index is 1.66. The maximum Gasteiger partial charge on any atom is 0.411 e. The van der Waals surface area contributed by atoms with Crippen LogP contribution in [0.1, 0.15) is 17.9 Å². The molecule has 3 rings (SSSR count). The number of hydrogen-bond acceptors (Lipinski definition) is 3. The Bertz CT molecular complexity index is 826. The van der Waals surface area contributed by atoms with Crippen molar-refractivity contribution in [2.45, 2.75) is 12.3 Å². The number of benzene rings is 2. The minimum absolute atomic E-state index is 0.0242. The average molecular weight is 346 g/mol. The summed E-state index contributed by atoms with van der Waals surface area (Å²) in [5.74, 6) is -1.49. The number of amides is 2. The highest BCUT2D eigenvalue weighted by molar-refractivity contribution is 5.96. The van der Waals surface area contributed by atoms with E-state index in [1.54, 1.807) is 12.1 Å². The molecule has 2 aromatic carbocycles. The lowest BCUT2D eigenvalue weighted by Gasteiger charge is -2.09. The van der Waals surface area contributed by atoms with Gasteiger partial charge in [-0.3, -0.25) is 10.1 Å². The van der Waals surface area contributed by atoms with Crippen molar-refractivity contribution in [1.29, 1.82) is 0 Å². The van der Waals surface area contributed by atoms with Gasteiger partial charge in [0.1, 0.15) is 11.6 Å². The van der Waals surface area contributed by atoms with E-state index < -0.39 is 11.9 Å². The van der Waals surface area contributed by atoms with Crippen LogP contribution in [0.3, 0.4) is 0 Å². The second-order valence-electron chi connectivity index (χ2n) is 5.80. The van der Waals surface area contributed by atoms with Crippen molar-refractivity contribution in [1.82, 2.24) is 0 Å². The van der Waals surface area contributed by atoms with E-state index in [1.165, 1.54) is 31.4 Å². The van der Waals surface area contributed by atoms with Crippen LogP contribution in [-0.4, -0.2) is 19.1 Å². The quantitative estimate of drug-likeness (QED) is 0.883. The summed E-state index contributed by atoms with van der Waals surface area (Å²) in [6.07, 6.45) is -0.181. The number of ether oxygens (including phenoxy) is 1. The lowest BCUT2D eigenvalue weighted by molar-refractivity contribution is -0.117. The van der Waals surface area contributed by atoms with Crippen molar-refractivity contribution >= 4 is 23.4 Å². The molecule has 2 atom stereocenters. The molecule has 0 unspecified atom stereocenters. The van der Waals surface area contributed by atoms with Crippen LogP contribution >= 0.6 is 0 Å². The molecule has 0 aliphatic heterocycles. The maximum absolute atomic E-state index is 13.7. The zero-order chi connectivity index (χ0) is 18.0. The molecule has 130 valence electrons. The Labute approximate surface area is 143 Å². The van der Waals surface area contributed by atoms with E-state index in [2.05, 4.69) is 15.4 Å². The first-order chi connectivity index (χ1) is 12.0. The lowest BCUT2D eigenvalue weighted by atomic mass is 10.1. The van der Waals surface area contributed by atoms with Gasteiger partial charge in [0.05, 0.1) is 12.8 Å². The summed E-state index contributed by atoms with van der Waals surface area (Å²) in [6, 6.07) is 10.0. The van der Waals surface area contributed by atoms with Crippen LogP contribution in [0.2, 0.25) is 0 Å². The monoisotopic (exact) mass is 346 g/mol. The number of rotatable bonds is 4. The topological polar surface area (TPSA) is 67.4 Å². The van der Waals surface area contributed by atoms with Gasteiger partial charge in [-0.1, -0.05) is 12.1 Å². The van der Waals surface area contributed by atoms with Crippen LogP contribution in [0.5, 0.6) is 0 Å². The Hall–Kier alpha value is -2.96. The minimum Gasteiger partial charge on any atom is -0.453 e. The predicted octanol–water partition coefficient (Wildman–Crippen LogP) is 3.89. The van der Waals surface area contributed by atoms with E-state index in [1.807, 2.05) is 0 Å². The van der Waals surface area contributed by atoms with E-state index in [4.69, 9.17) is 0 Å². The normalized spacial score (nSPS) is 18.4. The molecule has 2 aromatic rings. The van der Waals surface area contributed by atoms with Gasteiger partial charge in [-0.2, -0.15) is 0 Å². The van der Waals surface area contributed by atoms with E-state index in [9.17, 15) is 18.4 Å². The van der Waals surface area contributed by atoms with Crippen molar-refractivity contribution in [3.63, 3.8) is 0 Å². The third kappa shape index (κ3) is 3.93. The fourth-order valence-electron chi connectivity index (χ4n) is 2.69. The second-order valence-corrected chi connectivity index (χ2v) is 5.80. The molecule has 25 heavy (non-hydrogen) atoms. The zero-order valence-electron chi connectivity index (χ0n) is 13.4. The summed E-state index contributed by atoms with van der Waals surface area (Å²) < 4.78 is 31.4. The van der Waals surface area contributed by atoms with Gasteiger partial charge in [-0.05, 0) is 48.2 Å². The number of hydrogen-bond donors (Lipinski definition) is 2. The van der Waals surface area contributed by atoms with Gasteiger partial charge in [0, 0.05) is 11.6 Å². The van der Waals surface area contributed by atoms with E-state index in [-0.39, 0.29) is 29.2 Å². The molecule has 0 bridgehead atoms. The van der Waals surface area contributed by atoms with Crippen molar-refractivity contribution in [3.8, 4) is 0 Å². The van der Waals surface area contributed by atoms with Gasteiger partial charge in [-0.25, -0.2) is 13.6 Å². The minimum atomic E-state index is -0.810. The Morgan fingerprint density at radius 3 is 2.64 bits per heavy atom. The van der Waals surface area contributed by atoms with Crippen LogP contribution < -0.4 is 10.6 Å². The number of carbonyl (C=O) groups excluding carboxylic acids is 2. The van der Waals surface area contributed by atoms with Crippen molar-refractivity contribution in [2.24, 2.45) is 5.92 Å². The second kappa shape index (κ2) is 6.88. The zero-order valence-corrected chi connectivity index (χ0v) is 13.4. The fourth-order valence-corrected chi connectivity index (χ4v) is 2.69. The summed E-state index contributed by atoms with van der Waals surface area (Å²) in [4.78, 5) is 23.5. The van der Waals surface area contributed by atoms with Crippen molar-refractivity contribution < 1.29 is 23.1 Å². The molecule has 1 fully saturated rings. The van der Waals surface area contributed by atoms with Crippen LogP contribution in [-0.2, 0) is 9.53 Å². The van der Waals surface area contributed by atoms with Crippen LogP contribution in [0.15, 0.2) is 42.5 Å². The fraction of sp³-hybridized carbons (Fsp3) is 0.222. The summed E-state index contributed by atoms with van der Waals surface area (Å²) >= 11 is 0. The molecular weight excluding hydrogens is 330 g/mol. The summed E-state index contributed by atoms with van der Waals surface area (Å²) in [5.41, 5.74) is 1.04. The predicted molar refractivity (Wildman–Crippen MR) is 88.3 cm³/mol. The van der Waals surface area contributed by atoms with Gasteiger partial charge >= 0.3 is 6.09 Å².